The Morgan fingerprint density at radius 2 is 1.62 bits per heavy atom. The van der Waals surface area contributed by atoms with E-state index in [0.717, 1.165) is 5.56 Å². The van der Waals surface area contributed by atoms with Crippen LogP contribution in [0.5, 0.6) is 17.2 Å². The summed E-state index contributed by atoms with van der Waals surface area (Å²) in [7, 11) is 0. The van der Waals surface area contributed by atoms with Crippen molar-refractivity contribution >= 4 is 40.9 Å². The summed E-state index contributed by atoms with van der Waals surface area (Å²) in [6.45, 7) is -0.0159. The van der Waals surface area contributed by atoms with Crippen LogP contribution < -0.4 is 20.2 Å². The van der Waals surface area contributed by atoms with Crippen LogP contribution in [0.4, 0.5) is 10.1 Å². The lowest BCUT2D eigenvalue weighted by molar-refractivity contribution is -0.141. The van der Waals surface area contributed by atoms with Crippen molar-refractivity contribution in [3.8, 4) is 17.2 Å². The van der Waals surface area contributed by atoms with Crippen LogP contribution >= 0.6 is 23.4 Å². The van der Waals surface area contributed by atoms with Crippen molar-refractivity contribution < 1.29 is 23.5 Å². The summed E-state index contributed by atoms with van der Waals surface area (Å²) in [4.78, 5) is 26.3. The minimum atomic E-state index is -0.522. The molecule has 2 N–H and O–H groups in total. The number of amides is 2. The molecule has 2 amide bonds. The number of anilines is 1. The Balaban J connectivity index is 1.32. The average molecular weight is 578 g/mol. The highest BCUT2D eigenvalue weighted by Crippen LogP contribution is 2.43. The van der Waals surface area contributed by atoms with E-state index >= 15 is 0 Å². The maximum atomic E-state index is 13.5. The zero-order valence-electron chi connectivity index (χ0n) is 21.1. The summed E-state index contributed by atoms with van der Waals surface area (Å²) >= 11 is 7.30. The van der Waals surface area contributed by atoms with Crippen molar-refractivity contribution in [1.29, 1.82) is 0 Å². The molecular formula is C30H25ClFN3O4S. The van der Waals surface area contributed by atoms with Gasteiger partial charge in [-0.05, 0) is 78.4 Å². The number of hydrogen-bond donors (Lipinski definition) is 2. The summed E-state index contributed by atoms with van der Waals surface area (Å²) in [6, 6.07) is 29.3. The summed E-state index contributed by atoms with van der Waals surface area (Å²) in [6.07, 6.45) is 0. The van der Waals surface area contributed by atoms with Crippen LogP contribution in [-0.2, 0) is 9.59 Å². The Morgan fingerprint density at radius 1 is 0.900 bits per heavy atom. The summed E-state index contributed by atoms with van der Waals surface area (Å²) < 4.78 is 24.8. The van der Waals surface area contributed by atoms with E-state index in [0.29, 0.717) is 28.0 Å². The largest absolute Gasteiger partial charge is 0.484 e. The molecule has 1 saturated heterocycles. The third kappa shape index (κ3) is 7.05. The van der Waals surface area contributed by atoms with Gasteiger partial charge in [0.2, 0.25) is 0 Å². The van der Waals surface area contributed by atoms with Crippen LogP contribution in [0.3, 0.4) is 0 Å². The zero-order valence-corrected chi connectivity index (χ0v) is 22.7. The van der Waals surface area contributed by atoms with Gasteiger partial charge in [-0.1, -0.05) is 41.9 Å². The van der Waals surface area contributed by atoms with Gasteiger partial charge in [0.25, 0.3) is 11.8 Å². The third-order valence-electron chi connectivity index (χ3n) is 5.93. The molecule has 2 atom stereocenters. The quantitative estimate of drug-likeness (QED) is 0.226. The van der Waals surface area contributed by atoms with E-state index in [1.165, 1.54) is 28.9 Å². The van der Waals surface area contributed by atoms with Crippen molar-refractivity contribution in [3.63, 3.8) is 0 Å². The van der Waals surface area contributed by atoms with Gasteiger partial charge in [0.15, 0.2) is 6.61 Å². The van der Waals surface area contributed by atoms with Gasteiger partial charge >= 0.3 is 0 Å². The van der Waals surface area contributed by atoms with Gasteiger partial charge in [-0.15, -0.1) is 11.8 Å². The molecule has 1 fully saturated rings. The minimum Gasteiger partial charge on any atom is -0.484 e. The molecule has 0 aromatic heterocycles. The summed E-state index contributed by atoms with van der Waals surface area (Å²) in [5, 5.41) is 4.02. The van der Waals surface area contributed by atoms with E-state index in [1.54, 1.807) is 36.4 Å². The monoisotopic (exact) mass is 577 g/mol. The maximum absolute atomic E-state index is 13.5. The molecule has 1 aliphatic rings. The van der Waals surface area contributed by atoms with Crippen molar-refractivity contribution in [1.82, 2.24) is 10.4 Å². The number of hydrogen-bond acceptors (Lipinski definition) is 6. The van der Waals surface area contributed by atoms with Gasteiger partial charge in [0, 0.05) is 17.3 Å². The van der Waals surface area contributed by atoms with Crippen molar-refractivity contribution in [3.05, 3.63) is 120 Å². The number of benzene rings is 4. The van der Waals surface area contributed by atoms with Crippen molar-refractivity contribution in [2.45, 2.75) is 10.6 Å². The first-order valence-corrected chi connectivity index (χ1v) is 13.8. The highest BCUT2D eigenvalue weighted by molar-refractivity contribution is 8.01. The highest BCUT2D eigenvalue weighted by atomic mass is 35.5. The first-order valence-electron chi connectivity index (χ1n) is 12.4. The molecule has 2 unspecified atom stereocenters. The predicted molar refractivity (Wildman–Crippen MR) is 154 cm³/mol. The Bertz CT molecular complexity index is 1460. The molecule has 0 radical (unpaired) electrons. The smallest absolute Gasteiger partial charge is 0.276 e. The molecule has 1 heterocycles. The van der Waals surface area contributed by atoms with Gasteiger partial charge in [-0.3, -0.25) is 15.0 Å². The maximum Gasteiger partial charge on any atom is 0.276 e. The third-order valence-corrected chi connectivity index (χ3v) is 7.62. The Labute approximate surface area is 240 Å². The van der Waals surface area contributed by atoms with E-state index in [1.807, 2.05) is 54.6 Å². The number of carbonyl (C=O) groups excluding carboxylic acids is 2. The lowest BCUT2D eigenvalue weighted by Gasteiger charge is -2.25. The molecule has 4 aromatic rings. The zero-order chi connectivity index (χ0) is 27.9. The van der Waals surface area contributed by atoms with Gasteiger partial charge in [-0.25, -0.2) is 9.40 Å². The lowest BCUT2D eigenvalue weighted by Crippen LogP contribution is -2.48. The average Bonchev–Trinajstić information content (AvgIpc) is 3.27. The Morgan fingerprint density at radius 3 is 2.38 bits per heavy atom. The summed E-state index contributed by atoms with van der Waals surface area (Å²) in [5.41, 5.74) is 4.18. The number of thioether (sulfide) groups is 1. The van der Waals surface area contributed by atoms with Crippen LogP contribution in [-0.4, -0.2) is 35.2 Å². The fraction of sp³-hybridized carbons (Fsp3) is 0.133. The number of para-hydroxylation sites is 1. The SMILES string of the molecule is O=C(COc1ccc(Cl)cc1)NN1C(=O)C(CNc2ccc(F)cc2)SC1c1cccc(Oc2ccccc2)c1. The number of rotatable bonds is 10. The molecule has 40 heavy (non-hydrogen) atoms. The second kappa shape index (κ2) is 12.8. The number of halogens is 2. The van der Waals surface area contributed by atoms with E-state index in [-0.39, 0.29) is 24.9 Å². The fourth-order valence-electron chi connectivity index (χ4n) is 4.00. The molecule has 0 bridgehead atoms. The second-order valence-electron chi connectivity index (χ2n) is 8.84. The molecule has 204 valence electrons. The van der Waals surface area contributed by atoms with Gasteiger partial charge in [0.1, 0.15) is 33.7 Å². The molecule has 4 aromatic carbocycles. The molecular weight excluding hydrogens is 553 g/mol. The number of nitrogens with one attached hydrogen (secondary N) is 2. The van der Waals surface area contributed by atoms with Crippen LogP contribution in [0, 0.1) is 5.82 Å². The van der Waals surface area contributed by atoms with Crippen LogP contribution in [0.1, 0.15) is 10.9 Å². The molecule has 0 spiro atoms. The Kier molecular flexibility index (Phi) is 8.73. The van der Waals surface area contributed by atoms with Crippen LogP contribution in [0.15, 0.2) is 103 Å². The number of ether oxygens (including phenoxy) is 2. The number of nitrogens with zero attached hydrogens (tertiary/aromatic N) is 1. The van der Waals surface area contributed by atoms with Gasteiger partial charge in [-0.2, -0.15) is 0 Å². The standard InChI is InChI=1S/C30H25ClFN3O4S/c31-21-9-15-24(16-10-21)38-19-28(36)34-35-29(37)27(18-33-23-13-11-22(32)12-14-23)40-30(35)20-5-4-8-26(17-20)39-25-6-2-1-3-7-25/h1-17,27,30,33H,18-19H2,(H,34,36). The van der Waals surface area contributed by atoms with Crippen molar-refractivity contribution in [2.24, 2.45) is 0 Å². The number of hydrazine groups is 1. The van der Waals surface area contributed by atoms with E-state index in [9.17, 15) is 14.0 Å². The van der Waals surface area contributed by atoms with Crippen LogP contribution in [0.2, 0.25) is 5.02 Å². The van der Waals surface area contributed by atoms with Gasteiger partial charge < -0.3 is 14.8 Å². The van der Waals surface area contributed by atoms with E-state index in [4.69, 9.17) is 21.1 Å². The molecule has 0 aliphatic carbocycles. The lowest BCUT2D eigenvalue weighted by atomic mass is 10.2. The molecule has 5 rings (SSSR count). The van der Waals surface area contributed by atoms with E-state index < -0.39 is 16.5 Å². The first-order chi connectivity index (χ1) is 19.4. The first kappa shape index (κ1) is 27.4. The Hall–Kier alpha value is -4.21. The molecule has 7 nitrogen and oxygen atoms in total. The van der Waals surface area contributed by atoms with Crippen LogP contribution in [0.25, 0.3) is 0 Å². The summed E-state index contributed by atoms with van der Waals surface area (Å²) in [5.74, 6) is 0.647. The fourth-order valence-corrected chi connectivity index (χ4v) is 5.43. The van der Waals surface area contributed by atoms with E-state index in [2.05, 4.69) is 10.7 Å². The molecule has 10 heteroatoms. The highest BCUT2D eigenvalue weighted by Gasteiger charge is 2.42. The minimum absolute atomic E-state index is 0.277. The van der Waals surface area contributed by atoms with Gasteiger partial charge in [0.05, 0.1) is 0 Å². The predicted octanol–water partition coefficient (Wildman–Crippen LogP) is 6.44. The molecule has 1 aliphatic heterocycles. The topological polar surface area (TPSA) is 79.9 Å². The number of carbonyl (C=O) groups is 2. The van der Waals surface area contributed by atoms with Crippen molar-refractivity contribution in [2.75, 3.05) is 18.5 Å². The molecule has 0 saturated carbocycles. The normalized spacial score (nSPS) is 16.4. The second-order valence-corrected chi connectivity index (χ2v) is 10.6.